The number of nitrogens with zero attached hydrogens (tertiary/aromatic N) is 1. The quantitative estimate of drug-likeness (QED) is 0.889. The predicted molar refractivity (Wildman–Crippen MR) is 73.0 cm³/mol. The minimum absolute atomic E-state index is 0.0863. The summed E-state index contributed by atoms with van der Waals surface area (Å²) in [4.78, 5) is 14.2. The van der Waals surface area contributed by atoms with E-state index in [2.05, 4.69) is 19.1 Å². The van der Waals surface area contributed by atoms with E-state index in [4.69, 9.17) is 5.73 Å². The molecular formula is C15H22N2O. The maximum atomic E-state index is 12.4. The number of likely N-dealkylation sites (N-methyl/N-ethyl adjacent to an activating group) is 1. The summed E-state index contributed by atoms with van der Waals surface area (Å²) < 4.78 is 0. The first-order valence-corrected chi connectivity index (χ1v) is 6.62. The smallest absolute Gasteiger partial charge is 0.242 e. The van der Waals surface area contributed by atoms with E-state index in [0.717, 1.165) is 25.7 Å². The Bertz CT molecular complexity index is 436. The summed E-state index contributed by atoms with van der Waals surface area (Å²) in [6.45, 7) is 2.71. The van der Waals surface area contributed by atoms with Crippen molar-refractivity contribution in [1.29, 1.82) is 0 Å². The first-order valence-electron chi connectivity index (χ1n) is 6.62. The normalized spacial score (nSPS) is 17.7. The molecule has 0 aromatic heterocycles. The number of benzene rings is 1. The maximum Gasteiger partial charge on any atom is 0.242 e. The number of carbonyl (C=O) groups excluding carboxylic acids is 1. The molecule has 2 N–H and O–H groups in total. The van der Waals surface area contributed by atoms with Gasteiger partial charge >= 0.3 is 0 Å². The van der Waals surface area contributed by atoms with Gasteiger partial charge in [-0.2, -0.15) is 0 Å². The summed E-state index contributed by atoms with van der Waals surface area (Å²) in [6.07, 6.45) is 3.79. The third-order valence-corrected chi connectivity index (χ3v) is 3.94. The van der Waals surface area contributed by atoms with Gasteiger partial charge in [-0.1, -0.05) is 37.1 Å². The molecule has 0 heterocycles. The number of rotatable bonds is 3. The number of carbonyl (C=O) groups is 1. The number of hydrogen-bond acceptors (Lipinski definition) is 2. The molecular weight excluding hydrogens is 224 g/mol. The minimum atomic E-state index is -0.614. The standard InChI is InChI=1S/C15H22N2O/c1-12-7-3-4-8-13(12)11-17(2)14(18)15(16)9-5-6-10-15/h3-4,7-8H,5-6,9-11,16H2,1-2H3. The van der Waals surface area contributed by atoms with Crippen molar-refractivity contribution < 1.29 is 4.79 Å². The van der Waals surface area contributed by atoms with E-state index < -0.39 is 5.54 Å². The van der Waals surface area contributed by atoms with Gasteiger partial charge < -0.3 is 10.6 Å². The molecule has 0 radical (unpaired) electrons. The van der Waals surface area contributed by atoms with Crippen LogP contribution in [0.2, 0.25) is 0 Å². The molecule has 1 amide bonds. The van der Waals surface area contributed by atoms with Gasteiger partial charge in [-0.25, -0.2) is 0 Å². The van der Waals surface area contributed by atoms with Crippen LogP contribution in [-0.2, 0) is 11.3 Å². The van der Waals surface area contributed by atoms with Gasteiger partial charge in [0.1, 0.15) is 0 Å². The number of nitrogens with two attached hydrogens (primary N) is 1. The van der Waals surface area contributed by atoms with Gasteiger partial charge in [-0.3, -0.25) is 4.79 Å². The molecule has 1 fully saturated rings. The van der Waals surface area contributed by atoms with Crippen molar-refractivity contribution in [1.82, 2.24) is 4.90 Å². The van der Waals surface area contributed by atoms with Crippen LogP contribution in [0.4, 0.5) is 0 Å². The Morgan fingerprint density at radius 3 is 2.56 bits per heavy atom. The molecule has 2 rings (SSSR count). The van der Waals surface area contributed by atoms with Crippen molar-refractivity contribution in [2.45, 2.75) is 44.7 Å². The lowest BCUT2D eigenvalue weighted by atomic mass is 9.97. The fourth-order valence-corrected chi connectivity index (χ4v) is 2.71. The van der Waals surface area contributed by atoms with Crippen molar-refractivity contribution >= 4 is 5.91 Å². The summed E-state index contributed by atoms with van der Waals surface area (Å²) in [5, 5.41) is 0. The van der Waals surface area contributed by atoms with E-state index in [0.29, 0.717) is 6.54 Å². The van der Waals surface area contributed by atoms with Crippen LogP contribution in [0.3, 0.4) is 0 Å². The molecule has 1 aromatic rings. The van der Waals surface area contributed by atoms with E-state index in [1.807, 2.05) is 19.2 Å². The van der Waals surface area contributed by atoms with Gasteiger partial charge in [-0.15, -0.1) is 0 Å². The lowest BCUT2D eigenvalue weighted by Gasteiger charge is -2.29. The SMILES string of the molecule is Cc1ccccc1CN(C)C(=O)C1(N)CCCC1. The third kappa shape index (κ3) is 2.56. The van der Waals surface area contributed by atoms with Crippen LogP contribution in [0.1, 0.15) is 36.8 Å². The van der Waals surface area contributed by atoms with Gasteiger partial charge in [0, 0.05) is 13.6 Å². The summed E-state index contributed by atoms with van der Waals surface area (Å²) in [5.74, 6) is 0.0863. The zero-order chi connectivity index (χ0) is 13.2. The predicted octanol–water partition coefficient (Wildman–Crippen LogP) is 2.22. The fourth-order valence-electron chi connectivity index (χ4n) is 2.71. The Kier molecular flexibility index (Phi) is 3.71. The molecule has 3 nitrogen and oxygen atoms in total. The van der Waals surface area contributed by atoms with Crippen LogP contribution in [0.25, 0.3) is 0 Å². The second-order valence-electron chi connectivity index (χ2n) is 5.45. The highest BCUT2D eigenvalue weighted by atomic mass is 16.2. The van der Waals surface area contributed by atoms with Gasteiger partial charge in [0.2, 0.25) is 5.91 Å². The Morgan fingerprint density at radius 2 is 1.94 bits per heavy atom. The van der Waals surface area contributed by atoms with Crippen LogP contribution in [0.5, 0.6) is 0 Å². The largest absolute Gasteiger partial charge is 0.340 e. The van der Waals surface area contributed by atoms with Crippen molar-refractivity contribution in [3.8, 4) is 0 Å². The molecule has 0 unspecified atom stereocenters. The van der Waals surface area contributed by atoms with Crippen molar-refractivity contribution in [2.75, 3.05) is 7.05 Å². The second-order valence-corrected chi connectivity index (χ2v) is 5.45. The molecule has 1 aliphatic rings. The van der Waals surface area contributed by atoms with Gasteiger partial charge in [0.15, 0.2) is 0 Å². The topological polar surface area (TPSA) is 46.3 Å². The molecule has 0 saturated heterocycles. The van der Waals surface area contributed by atoms with E-state index in [9.17, 15) is 4.79 Å². The van der Waals surface area contributed by atoms with Crippen LogP contribution >= 0.6 is 0 Å². The highest BCUT2D eigenvalue weighted by Crippen LogP contribution is 2.29. The molecule has 98 valence electrons. The summed E-state index contributed by atoms with van der Waals surface area (Å²) in [6, 6.07) is 8.16. The lowest BCUT2D eigenvalue weighted by molar-refractivity contribution is -0.136. The zero-order valence-electron chi connectivity index (χ0n) is 11.3. The van der Waals surface area contributed by atoms with Gasteiger partial charge in [-0.05, 0) is 30.9 Å². The molecule has 3 heteroatoms. The Balaban J connectivity index is 2.06. The molecule has 0 spiro atoms. The van der Waals surface area contributed by atoms with Gasteiger partial charge in [0.25, 0.3) is 0 Å². The van der Waals surface area contributed by atoms with Crippen LogP contribution in [0.15, 0.2) is 24.3 Å². The molecule has 1 aromatic carbocycles. The van der Waals surface area contributed by atoms with Crippen molar-refractivity contribution in [3.63, 3.8) is 0 Å². The second kappa shape index (κ2) is 5.11. The monoisotopic (exact) mass is 246 g/mol. The Morgan fingerprint density at radius 1 is 1.33 bits per heavy atom. The molecule has 1 saturated carbocycles. The first kappa shape index (κ1) is 13.1. The number of aryl methyl sites for hydroxylation is 1. The average Bonchev–Trinajstić information content (AvgIpc) is 2.79. The summed E-state index contributed by atoms with van der Waals surface area (Å²) in [7, 11) is 1.85. The summed E-state index contributed by atoms with van der Waals surface area (Å²) >= 11 is 0. The molecule has 1 aliphatic carbocycles. The van der Waals surface area contributed by atoms with E-state index >= 15 is 0 Å². The fraction of sp³-hybridized carbons (Fsp3) is 0.533. The number of hydrogen-bond donors (Lipinski definition) is 1. The third-order valence-electron chi connectivity index (χ3n) is 3.94. The van der Waals surface area contributed by atoms with Gasteiger partial charge in [0.05, 0.1) is 5.54 Å². The minimum Gasteiger partial charge on any atom is -0.340 e. The average molecular weight is 246 g/mol. The van der Waals surface area contributed by atoms with Crippen LogP contribution < -0.4 is 5.73 Å². The van der Waals surface area contributed by atoms with Crippen molar-refractivity contribution in [3.05, 3.63) is 35.4 Å². The van der Waals surface area contributed by atoms with E-state index in [1.165, 1.54) is 11.1 Å². The summed E-state index contributed by atoms with van der Waals surface area (Å²) in [5.41, 5.74) is 8.00. The highest BCUT2D eigenvalue weighted by Gasteiger charge is 2.38. The van der Waals surface area contributed by atoms with Crippen LogP contribution in [-0.4, -0.2) is 23.4 Å². The molecule has 0 atom stereocenters. The Hall–Kier alpha value is -1.35. The number of amides is 1. The highest BCUT2D eigenvalue weighted by molar-refractivity contribution is 5.86. The maximum absolute atomic E-state index is 12.4. The molecule has 0 aliphatic heterocycles. The Labute approximate surface area is 109 Å². The van der Waals surface area contributed by atoms with Crippen LogP contribution in [0, 0.1) is 6.92 Å². The van der Waals surface area contributed by atoms with E-state index in [1.54, 1.807) is 4.90 Å². The first-order chi connectivity index (χ1) is 8.53. The molecule has 18 heavy (non-hydrogen) atoms. The lowest BCUT2D eigenvalue weighted by Crippen LogP contribution is -2.52. The van der Waals surface area contributed by atoms with E-state index in [-0.39, 0.29) is 5.91 Å². The molecule has 0 bridgehead atoms. The van der Waals surface area contributed by atoms with Crippen molar-refractivity contribution in [2.24, 2.45) is 5.73 Å². The zero-order valence-corrected chi connectivity index (χ0v) is 11.3.